The summed E-state index contributed by atoms with van der Waals surface area (Å²) in [5.41, 5.74) is 3.59. The quantitative estimate of drug-likeness (QED) is 0.521. The van der Waals surface area contributed by atoms with Crippen LogP contribution >= 0.6 is 0 Å². The van der Waals surface area contributed by atoms with Crippen molar-refractivity contribution in [2.45, 2.75) is 6.54 Å². The Morgan fingerprint density at radius 3 is 2.93 bits per heavy atom. The van der Waals surface area contributed by atoms with Gasteiger partial charge in [-0.1, -0.05) is 24.3 Å². The molecule has 0 saturated heterocycles. The van der Waals surface area contributed by atoms with Crippen molar-refractivity contribution in [1.29, 1.82) is 0 Å². The van der Waals surface area contributed by atoms with Crippen LogP contribution in [0, 0.1) is 0 Å². The summed E-state index contributed by atoms with van der Waals surface area (Å²) in [5, 5.41) is 0. The molecule has 1 aliphatic heterocycles. The summed E-state index contributed by atoms with van der Waals surface area (Å²) in [6.07, 6.45) is 1.86. The van der Waals surface area contributed by atoms with Crippen molar-refractivity contribution < 1.29 is 0 Å². The van der Waals surface area contributed by atoms with Gasteiger partial charge < -0.3 is 4.57 Å². The van der Waals surface area contributed by atoms with Gasteiger partial charge >= 0.3 is 0 Å². The molecule has 1 aromatic heterocycles. The Labute approximate surface area is 81.4 Å². The fraction of sp³-hybridized carbons (Fsp3) is 0.0833. The lowest BCUT2D eigenvalue weighted by Crippen LogP contribution is -2.02. The Balaban J connectivity index is 2.35. The number of aromatic nitrogens is 1. The van der Waals surface area contributed by atoms with Gasteiger partial charge in [0, 0.05) is 30.4 Å². The molecule has 2 aromatic rings. The molecule has 0 radical (unpaired) electrons. The van der Waals surface area contributed by atoms with E-state index in [0.29, 0.717) is 0 Å². The topological polar surface area (TPSA) is 22.0 Å². The highest BCUT2D eigenvalue weighted by molar-refractivity contribution is 5.67. The van der Waals surface area contributed by atoms with E-state index in [1.165, 1.54) is 11.1 Å². The Morgan fingerprint density at radius 2 is 2.00 bits per heavy atom. The third kappa shape index (κ3) is 0.940. The minimum atomic E-state index is 0.0768. The summed E-state index contributed by atoms with van der Waals surface area (Å²) in [6, 6.07) is 11.5. The van der Waals surface area contributed by atoms with Crippen molar-refractivity contribution in [3.63, 3.8) is 0 Å². The monoisotopic (exact) mass is 183 g/mol. The van der Waals surface area contributed by atoms with Crippen LogP contribution in [0.15, 0.2) is 47.4 Å². The Hall–Kier alpha value is -1.83. The molecule has 0 fully saturated rings. The first-order chi connectivity index (χ1) is 6.84. The summed E-state index contributed by atoms with van der Waals surface area (Å²) < 4.78 is 2.10. The van der Waals surface area contributed by atoms with Gasteiger partial charge in [0.15, 0.2) is 5.43 Å². The third-order valence-corrected chi connectivity index (χ3v) is 2.64. The number of pyridine rings is 1. The van der Waals surface area contributed by atoms with Crippen molar-refractivity contribution >= 4 is 0 Å². The van der Waals surface area contributed by atoms with E-state index >= 15 is 0 Å². The van der Waals surface area contributed by atoms with Crippen molar-refractivity contribution in [3.05, 3.63) is 58.4 Å². The number of hydrogen-bond acceptors (Lipinski definition) is 1. The molecule has 0 bridgehead atoms. The zero-order valence-electron chi connectivity index (χ0n) is 7.60. The second kappa shape index (κ2) is 2.58. The lowest BCUT2D eigenvalue weighted by molar-refractivity contribution is 0.836. The molecular formula is C12H9NO. The van der Waals surface area contributed by atoms with E-state index in [1.807, 2.05) is 18.3 Å². The number of benzene rings is 1. The van der Waals surface area contributed by atoms with E-state index in [-0.39, 0.29) is 5.43 Å². The van der Waals surface area contributed by atoms with Gasteiger partial charge in [-0.3, -0.25) is 4.79 Å². The zero-order valence-corrected chi connectivity index (χ0v) is 7.60. The van der Waals surface area contributed by atoms with Crippen molar-refractivity contribution in [2.24, 2.45) is 0 Å². The fourth-order valence-corrected chi connectivity index (χ4v) is 1.97. The highest BCUT2D eigenvalue weighted by atomic mass is 16.1. The average Bonchev–Trinajstić information content (AvgIpc) is 2.56. The molecule has 2 heteroatoms. The maximum atomic E-state index is 11.2. The molecule has 14 heavy (non-hydrogen) atoms. The minimum Gasteiger partial charge on any atom is -0.343 e. The van der Waals surface area contributed by atoms with Gasteiger partial charge in [0.1, 0.15) is 0 Å². The van der Waals surface area contributed by atoms with Gasteiger partial charge in [-0.2, -0.15) is 0 Å². The summed E-state index contributed by atoms with van der Waals surface area (Å²) in [7, 11) is 0. The van der Waals surface area contributed by atoms with Crippen LogP contribution in [0.3, 0.4) is 0 Å². The molecule has 0 aliphatic carbocycles. The summed E-state index contributed by atoms with van der Waals surface area (Å²) in [6.45, 7) is 0.881. The third-order valence-electron chi connectivity index (χ3n) is 2.64. The number of nitrogens with zero attached hydrogens (tertiary/aromatic N) is 1. The normalized spacial score (nSPS) is 12.3. The maximum Gasteiger partial charge on any atom is 0.182 e. The van der Waals surface area contributed by atoms with E-state index in [0.717, 1.165) is 12.2 Å². The van der Waals surface area contributed by atoms with Crippen LogP contribution < -0.4 is 5.43 Å². The predicted octanol–water partition coefficient (Wildman–Crippen LogP) is 1.88. The van der Waals surface area contributed by atoms with Gasteiger partial charge in [0.05, 0.1) is 5.69 Å². The van der Waals surface area contributed by atoms with Crippen LogP contribution in [0.1, 0.15) is 5.56 Å². The molecule has 0 amide bonds. The lowest BCUT2D eigenvalue weighted by Gasteiger charge is -2.00. The second-order valence-electron chi connectivity index (χ2n) is 3.53. The van der Waals surface area contributed by atoms with Gasteiger partial charge in [0.25, 0.3) is 0 Å². The maximum absolute atomic E-state index is 11.2. The van der Waals surface area contributed by atoms with Crippen LogP contribution in [0.5, 0.6) is 0 Å². The average molecular weight is 183 g/mol. The van der Waals surface area contributed by atoms with E-state index in [1.54, 1.807) is 12.1 Å². The van der Waals surface area contributed by atoms with Gasteiger partial charge in [-0.25, -0.2) is 0 Å². The summed E-state index contributed by atoms with van der Waals surface area (Å²) in [4.78, 5) is 11.2. The molecule has 1 aromatic carbocycles. The van der Waals surface area contributed by atoms with Crippen LogP contribution in [0.4, 0.5) is 0 Å². The lowest BCUT2D eigenvalue weighted by atomic mass is 10.1. The minimum absolute atomic E-state index is 0.0768. The number of hydrogen-bond donors (Lipinski definition) is 0. The van der Waals surface area contributed by atoms with E-state index in [2.05, 4.69) is 16.7 Å². The zero-order chi connectivity index (χ0) is 9.54. The summed E-state index contributed by atoms with van der Waals surface area (Å²) >= 11 is 0. The van der Waals surface area contributed by atoms with Crippen molar-refractivity contribution in [3.8, 4) is 11.3 Å². The first-order valence-electron chi connectivity index (χ1n) is 4.63. The SMILES string of the molecule is O=c1ccn2c(c1)-c1ccccc1C2. The molecule has 0 spiro atoms. The van der Waals surface area contributed by atoms with Crippen molar-refractivity contribution in [1.82, 2.24) is 4.57 Å². The smallest absolute Gasteiger partial charge is 0.182 e. The molecule has 0 saturated carbocycles. The first-order valence-corrected chi connectivity index (χ1v) is 4.63. The molecule has 2 heterocycles. The van der Waals surface area contributed by atoms with Gasteiger partial charge in [0.2, 0.25) is 0 Å². The highest BCUT2D eigenvalue weighted by Crippen LogP contribution is 2.29. The Morgan fingerprint density at radius 1 is 1.14 bits per heavy atom. The molecule has 2 nitrogen and oxygen atoms in total. The van der Waals surface area contributed by atoms with E-state index in [9.17, 15) is 4.79 Å². The summed E-state index contributed by atoms with van der Waals surface area (Å²) in [5.74, 6) is 0. The molecular weight excluding hydrogens is 174 g/mol. The molecule has 3 rings (SSSR count). The number of rotatable bonds is 0. The van der Waals surface area contributed by atoms with Crippen LogP contribution in [-0.4, -0.2) is 4.57 Å². The van der Waals surface area contributed by atoms with E-state index in [4.69, 9.17) is 0 Å². The second-order valence-corrected chi connectivity index (χ2v) is 3.53. The molecule has 0 atom stereocenters. The van der Waals surface area contributed by atoms with E-state index < -0.39 is 0 Å². The molecule has 1 aliphatic rings. The Bertz CT molecular complexity index is 554. The molecule has 0 N–H and O–H groups in total. The van der Waals surface area contributed by atoms with Gasteiger partial charge in [-0.05, 0) is 5.56 Å². The fourth-order valence-electron chi connectivity index (χ4n) is 1.97. The van der Waals surface area contributed by atoms with Crippen LogP contribution in [-0.2, 0) is 6.54 Å². The predicted molar refractivity (Wildman–Crippen MR) is 55.2 cm³/mol. The molecule has 0 unspecified atom stereocenters. The molecule has 68 valence electrons. The largest absolute Gasteiger partial charge is 0.343 e. The van der Waals surface area contributed by atoms with Gasteiger partial charge in [-0.15, -0.1) is 0 Å². The standard InChI is InChI=1S/C12H9NO/c14-10-5-6-13-8-9-3-1-2-4-11(9)12(13)7-10/h1-7H,8H2. The first kappa shape index (κ1) is 7.56. The van der Waals surface area contributed by atoms with Crippen LogP contribution in [0.25, 0.3) is 11.3 Å². The highest BCUT2D eigenvalue weighted by Gasteiger charge is 2.15. The number of fused-ring (bicyclic) bond motifs is 3. The van der Waals surface area contributed by atoms with Crippen LogP contribution in [0.2, 0.25) is 0 Å². The Kier molecular flexibility index (Phi) is 1.39. The van der Waals surface area contributed by atoms with Crippen molar-refractivity contribution in [2.75, 3.05) is 0 Å².